The van der Waals surface area contributed by atoms with Crippen LogP contribution in [0, 0.1) is 23.7 Å². The first kappa shape index (κ1) is 15.3. The average Bonchev–Trinajstić information content (AvgIpc) is 2.38. The molecule has 0 aliphatic heterocycles. The van der Waals surface area contributed by atoms with Crippen molar-refractivity contribution in [1.29, 1.82) is 0 Å². The number of hydrogen-bond acceptors (Lipinski definition) is 2. The summed E-state index contributed by atoms with van der Waals surface area (Å²) in [7, 11) is 1.80. The summed E-state index contributed by atoms with van der Waals surface area (Å²) in [4.78, 5) is 0. The van der Waals surface area contributed by atoms with Gasteiger partial charge in [0.05, 0.1) is 11.7 Å². The molecule has 0 aromatic rings. The molecule has 0 spiro atoms. The first-order valence-electron chi connectivity index (χ1n) is 8.20. The molecule has 2 aliphatic carbocycles. The summed E-state index contributed by atoms with van der Waals surface area (Å²) in [6.07, 6.45) is 7.86. The zero-order chi connectivity index (χ0) is 14.0. The fourth-order valence-corrected chi connectivity index (χ4v) is 4.57. The lowest BCUT2D eigenvalue weighted by atomic mass is 9.67. The Morgan fingerprint density at radius 2 is 1.47 bits per heavy atom. The molecule has 0 amide bonds. The lowest BCUT2D eigenvalue weighted by molar-refractivity contribution is -0.154. The summed E-state index contributed by atoms with van der Waals surface area (Å²) in [5, 5.41) is 10.9. The van der Waals surface area contributed by atoms with Crippen molar-refractivity contribution in [1.82, 2.24) is 0 Å². The zero-order valence-electron chi connectivity index (χ0n) is 13.2. The summed E-state index contributed by atoms with van der Waals surface area (Å²) >= 11 is 0. The molecule has 0 heterocycles. The van der Waals surface area contributed by atoms with Gasteiger partial charge >= 0.3 is 0 Å². The van der Waals surface area contributed by atoms with Crippen LogP contribution >= 0.6 is 0 Å². The van der Waals surface area contributed by atoms with Crippen LogP contribution in [0.3, 0.4) is 0 Å². The second-order valence-electron chi connectivity index (χ2n) is 7.57. The van der Waals surface area contributed by atoms with Gasteiger partial charge in [-0.05, 0) is 68.6 Å². The van der Waals surface area contributed by atoms with E-state index < -0.39 is 0 Å². The highest BCUT2D eigenvalue weighted by atomic mass is 16.5. The van der Waals surface area contributed by atoms with Crippen LogP contribution < -0.4 is 0 Å². The van der Waals surface area contributed by atoms with Crippen molar-refractivity contribution in [2.75, 3.05) is 7.11 Å². The van der Waals surface area contributed by atoms with Gasteiger partial charge in [-0.15, -0.1) is 0 Å². The lowest BCUT2D eigenvalue weighted by Gasteiger charge is -2.46. The molecule has 112 valence electrons. The van der Waals surface area contributed by atoms with Crippen LogP contribution in [0.5, 0.6) is 0 Å². The molecule has 2 saturated carbocycles. The van der Waals surface area contributed by atoms with Gasteiger partial charge in [0.2, 0.25) is 0 Å². The Kier molecular flexibility index (Phi) is 4.94. The molecule has 1 N–H and O–H groups in total. The Morgan fingerprint density at radius 3 is 1.95 bits per heavy atom. The SMILES string of the molecule is COC1(C(O)C2CC(C)CC(C)C2)CCC(C)CC1. The predicted molar refractivity (Wildman–Crippen MR) is 79.0 cm³/mol. The van der Waals surface area contributed by atoms with Gasteiger partial charge in [-0.1, -0.05) is 20.8 Å². The van der Waals surface area contributed by atoms with Crippen LogP contribution in [0.4, 0.5) is 0 Å². The van der Waals surface area contributed by atoms with E-state index >= 15 is 0 Å². The summed E-state index contributed by atoms with van der Waals surface area (Å²) in [5.74, 6) is 2.73. The van der Waals surface area contributed by atoms with Gasteiger partial charge in [-0.3, -0.25) is 0 Å². The molecule has 2 nitrogen and oxygen atoms in total. The average molecular weight is 268 g/mol. The maximum Gasteiger partial charge on any atom is 0.0939 e. The Balaban J connectivity index is 2.05. The summed E-state index contributed by atoms with van der Waals surface area (Å²) < 4.78 is 5.86. The van der Waals surface area contributed by atoms with E-state index in [1.54, 1.807) is 7.11 Å². The van der Waals surface area contributed by atoms with Gasteiger partial charge in [-0.25, -0.2) is 0 Å². The highest BCUT2D eigenvalue weighted by Crippen LogP contribution is 2.44. The molecule has 2 fully saturated rings. The Hall–Kier alpha value is -0.0800. The maximum atomic E-state index is 10.9. The second kappa shape index (κ2) is 6.13. The number of methoxy groups -OCH3 is 1. The monoisotopic (exact) mass is 268 g/mol. The third-order valence-corrected chi connectivity index (χ3v) is 5.73. The quantitative estimate of drug-likeness (QED) is 0.838. The Bertz CT molecular complexity index is 271. The largest absolute Gasteiger partial charge is 0.390 e. The first-order chi connectivity index (χ1) is 8.97. The van der Waals surface area contributed by atoms with Gasteiger partial charge in [0, 0.05) is 7.11 Å². The molecule has 0 bridgehead atoms. The number of ether oxygens (including phenoxy) is 1. The van der Waals surface area contributed by atoms with E-state index in [1.165, 1.54) is 32.1 Å². The standard InChI is InChI=1S/C17H32O2/c1-12-5-7-17(19-4,8-6-12)16(18)15-10-13(2)9-14(3)11-15/h12-16,18H,5-11H2,1-4H3. The van der Waals surface area contributed by atoms with Gasteiger partial charge in [-0.2, -0.15) is 0 Å². The van der Waals surface area contributed by atoms with Crippen molar-refractivity contribution in [2.24, 2.45) is 23.7 Å². The summed E-state index contributed by atoms with van der Waals surface area (Å²) in [6, 6.07) is 0. The minimum Gasteiger partial charge on any atom is -0.390 e. The smallest absolute Gasteiger partial charge is 0.0939 e. The molecule has 3 unspecified atom stereocenters. The molecule has 0 aromatic heterocycles. The van der Waals surface area contributed by atoms with Crippen molar-refractivity contribution >= 4 is 0 Å². The third-order valence-electron chi connectivity index (χ3n) is 5.73. The maximum absolute atomic E-state index is 10.9. The predicted octanol–water partition coefficient (Wildman–Crippen LogP) is 4.01. The summed E-state index contributed by atoms with van der Waals surface area (Å²) in [6.45, 7) is 6.98. The molecule has 2 aliphatic rings. The highest BCUT2D eigenvalue weighted by molar-refractivity contribution is 4.97. The number of aliphatic hydroxyl groups is 1. The number of aliphatic hydroxyl groups excluding tert-OH is 1. The zero-order valence-corrected chi connectivity index (χ0v) is 13.2. The molecule has 0 radical (unpaired) electrons. The minimum atomic E-state index is -0.268. The van der Waals surface area contributed by atoms with Crippen LogP contribution in [0.15, 0.2) is 0 Å². The summed E-state index contributed by atoms with van der Waals surface area (Å²) in [5.41, 5.74) is -0.256. The van der Waals surface area contributed by atoms with E-state index in [9.17, 15) is 5.11 Å². The van der Waals surface area contributed by atoms with Crippen LogP contribution in [0.25, 0.3) is 0 Å². The number of rotatable bonds is 3. The third kappa shape index (κ3) is 3.33. The van der Waals surface area contributed by atoms with E-state index in [0.717, 1.165) is 30.6 Å². The van der Waals surface area contributed by atoms with Gasteiger partial charge in [0.15, 0.2) is 0 Å². The van der Waals surface area contributed by atoms with Crippen molar-refractivity contribution in [3.8, 4) is 0 Å². The first-order valence-corrected chi connectivity index (χ1v) is 8.20. The minimum absolute atomic E-state index is 0.256. The van der Waals surface area contributed by atoms with Crippen molar-refractivity contribution in [3.63, 3.8) is 0 Å². The molecule has 0 aromatic carbocycles. The molecule has 3 atom stereocenters. The molecular weight excluding hydrogens is 236 g/mol. The highest BCUT2D eigenvalue weighted by Gasteiger charge is 2.45. The number of hydrogen-bond donors (Lipinski definition) is 1. The molecule has 19 heavy (non-hydrogen) atoms. The van der Waals surface area contributed by atoms with Crippen LogP contribution in [0.1, 0.15) is 65.7 Å². The van der Waals surface area contributed by atoms with Crippen molar-refractivity contribution in [3.05, 3.63) is 0 Å². The van der Waals surface area contributed by atoms with Crippen LogP contribution in [0.2, 0.25) is 0 Å². The lowest BCUT2D eigenvalue weighted by Crippen LogP contribution is -2.51. The Labute approximate surface area is 118 Å². The van der Waals surface area contributed by atoms with E-state index in [1.807, 2.05) is 0 Å². The van der Waals surface area contributed by atoms with E-state index in [2.05, 4.69) is 20.8 Å². The van der Waals surface area contributed by atoms with Crippen LogP contribution in [-0.4, -0.2) is 23.9 Å². The molecule has 2 rings (SSSR count). The van der Waals surface area contributed by atoms with Crippen molar-refractivity contribution in [2.45, 2.75) is 77.4 Å². The van der Waals surface area contributed by atoms with Gasteiger partial charge in [0.1, 0.15) is 0 Å². The van der Waals surface area contributed by atoms with Gasteiger partial charge in [0.25, 0.3) is 0 Å². The van der Waals surface area contributed by atoms with E-state index in [0.29, 0.717) is 5.92 Å². The van der Waals surface area contributed by atoms with Gasteiger partial charge < -0.3 is 9.84 Å². The van der Waals surface area contributed by atoms with E-state index in [-0.39, 0.29) is 11.7 Å². The normalized spacial score (nSPS) is 45.9. The molecular formula is C17H32O2. The fraction of sp³-hybridized carbons (Fsp3) is 1.00. The van der Waals surface area contributed by atoms with Crippen molar-refractivity contribution < 1.29 is 9.84 Å². The van der Waals surface area contributed by atoms with E-state index in [4.69, 9.17) is 4.74 Å². The second-order valence-corrected chi connectivity index (χ2v) is 7.57. The molecule has 2 heteroatoms. The fourth-order valence-electron chi connectivity index (χ4n) is 4.57. The van der Waals surface area contributed by atoms with Crippen LogP contribution in [-0.2, 0) is 4.74 Å². The molecule has 0 saturated heterocycles. The topological polar surface area (TPSA) is 29.5 Å². The Morgan fingerprint density at radius 1 is 0.947 bits per heavy atom.